The number of rotatable bonds is 4. The first-order valence-corrected chi connectivity index (χ1v) is 3.13. The second-order valence-electron chi connectivity index (χ2n) is 1.40. The summed E-state index contributed by atoms with van der Waals surface area (Å²) in [6, 6.07) is 0. The molecule has 0 amide bonds. The van der Waals surface area contributed by atoms with Crippen LogP contribution in [0.3, 0.4) is 0 Å². The van der Waals surface area contributed by atoms with E-state index in [0.717, 1.165) is 6.21 Å². The van der Waals surface area contributed by atoms with Gasteiger partial charge in [-0.2, -0.15) is 0 Å². The van der Waals surface area contributed by atoms with Crippen LogP contribution in [0.15, 0.2) is 5.16 Å². The van der Waals surface area contributed by atoms with Gasteiger partial charge >= 0.3 is 5.97 Å². The molecule has 0 aliphatic carbocycles. The highest BCUT2D eigenvalue weighted by atomic mass is 16.6. The predicted molar refractivity (Wildman–Crippen MR) is 36.8 cm³/mol. The zero-order valence-electron chi connectivity index (χ0n) is 6.16. The van der Waals surface area contributed by atoms with Gasteiger partial charge < -0.3 is 9.57 Å². The smallest absolute Gasteiger partial charge is 0.352 e. The molecule has 0 N–H and O–H groups in total. The van der Waals surface area contributed by atoms with Gasteiger partial charge in [0.15, 0.2) is 6.21 Å². The summed E-state index contributed by atoms with van der Waals surface area (Å²) in [4.78, 5) is 15.0. The van der Waals surface area contributed by atoms with Gasteiger partial charge in [-0.15, -0.1) is 0 Å². The van der Waals surface area contributed by atoms with Crippen LogP contribution in [0.1, 0.15) is 13.8 Å². The fraction of sp³-hybridized carbons (Fsp3) is 0.667. The topological polar surface area (TPSA) is 47.9 Å². The van der Waals surface area contributed by atoms with Crippen molar-refractivity contribution in [2.45, 2.75) is 13.8 Å². The highest BCUT2D eigenvalue weighted by molar-refractivity contribution is 6.22. The van der Waals surface area contributed by atoms with Crippen LogP contribution in [0.25, 0.3) is 0 Å². The number of oxime groups is 1. The summed E-state index contributed by atoms with van der Waals surface area (Å²) in [5, 5.41) is 3.31. The van der Waals surface area contributed by atoms with Crippen LogP contribution >= 0.6 is 0 Å². The molecule has 10 heavy (non-hydrogen) atoms. The number of hydrogen-bond acceptors (Lipinski definition) is 4. The first-order chi connectivity index (χ1) is 4.81. The van der Waals surface area contributed by atoms with E-state index in [9.17, 15) is 4.79 Å². The van der Waals surface area contributed by atoms with Crippen molar-refractivity contribution in [3.05, 3.63) is 0 Å². The average Bonchev–Trinajstić information content (AvgIpc) is 1.89. The SMILES string of the molecule is CCON=CC(=O)OCC. The molecule has 0 atom stereocenters. The molecule has 0 saturated carbocycles. The van der Waals surface area contributed by atoms with Gasteiger partial charge in [0.05, 0.1) is 6.61 Å². The van der Waals surface area contributed by atoms with E-state index in [-0.39, 0.29) is 0 Å². The van der Waals surface area contributed by atoms with Crippen LogP contribution in [0.2, 0.25) is 0 Å². The fourth-order valence-corrected chi connectivity index (χ4v) is 0.334. The minimum Gasteiger partial charge on any atom is -0.462 e. The second kappa shape index (κ2) is 6.07. The van der Waals surface area contributed by atoms with Gasteiger partial charge in [0, 0.05) is 0 Å². The Balaban J connectivity index is 3.36. The molecule has 0 aromatic heterocycles. The molecule has 0 aliphatic rings. The van der Waals surface area contributed by atoms with E-state index in [1.807, 2.05) is 0 Å². The molecule has 4 heteroatoms. The number of hydrogen-bond donors (Lipinski definition) is 0. The number of carbonyl (C=O) groups excluding carboxylic acids is 1. The summed E-state index contributed by atoms with van der Waals surface area (Å²) in [7, 11) is 0. The maximum absolute atomic E-state index is 10.5. The Labute approximate surface area is 59.8 Å². The third kappa shape index (κ3) is 5.08. The molecule has 0 unspecified atom stereocenters. The van der Waals surface area contributed by atoms with E-state index in [0.29, 0.717) is 13.2 Å². The molecule has 0 aromatic carbocycles. The third-order valence-corrected chi connectivity index (χ3v) is 0.648. The largest absolute Gasteiger partial charge is 0.462 e. The van der Waals surface area contributed by atoms with Gasteiger partial charge in [-0.25, -0.2) is 4.79 Å². The Hall–Kier alpha value is -1.06. The molecule has 0 spiro atoms. The Morgan fingerprint density at radius 3 is 2.70 bits per heavy atom. The van der Waals surface area contributed by atoms with Gasteiger partial charge in [0.25, 0.3) is 0 Å². The summed E-state index contributed by atoms with van der Waals surface area (Å²) in [5.74, 6) is -0.476. The Morgan fingerprint density at radius 1 is 1.50 bits per heavy atom. The van der Waals surface area contributed by atoms with Crippen molar-refractivity contribution < 1.29 is 14.4 Å². The average molecular weight is 145 g/mol. The lowest BCUT2D eigenvalue weighted by Gasteiger charge is -1.93. The van der Waals surface area contributed by atoms with Crippen molar-refractivity contribution >= 4 is 12.2 Å². The summed E-state index contributed by atoms with van der Waals surface area (Å²) in [6.07, 6.45) is 1.01. The van der Waals surface area contributed by atoms with Crippen LogP contribution in [0.4, 0.5) is 0 Å². The zero-order chi connectivity index (χ0) is 7.82. The maximum atomic E-state index is 10.5. The lowest BCUT2D eigenvalue weighted by Crippen LogP contribution is -2.04. The Bertz CT molecular complexity index is 122. The van der Waals surface area contributed by atoms with Crippen LogP contribution < -0.4 is 0 Å². The molecule has 0 bridgehead atoms. The van der Waals surface area contributed by atoms with Crippen molar-refractivity contribution in [1.82, 2.24) is 0 Å². The highest BCUT2D eigenvalue weighted by Crippen LogP contribution is 1.75. The summed E-state index contributed by atoms with van der Waals surface area (Å²) >= 11 is 0. The summed E-state index contributed by atoms with van der Waals surface area (Å²) < 4.78 is 4.52. The van der Waals surface area contributed by atoms with E-state index >= 15 is 0 Å². The van der Waals surface area contributed by atoms with E-state index in [1.165, 1.54) is 0 Å². The van der Waals surface area contributed by atoms with Crippen molar-refractivity contribution in [3.63, 3.8) is 0 Å². The quantitative estimate of drug-likeness (QED) is 0.330. The molecular weight excluding hydrogens is 134 g/mol. The van der Waals surface area contributed by atoms with Crippen LogP contribution in [-0.4, -0.2) is 25.4 Å². The predicted octanol–water partition coefficient (Wildman–Crippen LogP) is 0.572. The lowest BCUT2D eigenvalue weighted by molar-refractivity contribution is -0.134. The standard InChI is InChI=1S/C6H11NO3/c1-3-9-6(8)5-7-10-4-2/h5H,3-4H2,1-2H3. The molecule has 0 aromatic rings. The van der Waals surface area contributed by atoms with Gasteiger partial charge in [-0.1, -0.05) is 5.16 Å². The van der Waals surface area contributed by atoms with Crippen molar-refractivity contribution in [3.8, 4) is 0 Å². The Morgan fingerprint density at radius 2 is 2.20 bits per heavy atom. The van der Waals surface area contributed by atoms with Crippen molar-refractivity contribution in [2.75, 3.05) is 13.2 Å². The minimum atomic E-state index is -0.476. The third-order valence-electron chi connectivity index (χ3n) is 0.648. The van der Waals surface area contributed by atoms with Crippen LogP contribution in [-0.2, 0) is 14.4 Å². The van der Waals surface area contributed by atoms with E-state index < -0.39 is 5.97 Å². The number of ether oxygens (including phenoxy) is 1. The Kier molecular flexibility index (Phi) is 5.42. The van der Waals surface area contributed by atoms with Gasteiger partial charge in [-0.05, 0) is 13.8 Å². The molecular formula is C6H11NO3. The summed E-state index contributed by atoms with van der Waals surface area (Å²) in [5.41, 5.74) is 0. The molecule has 0 fully saturated rings. The monoisotopic (exact) mass is 145 g/mol. The molecule has 0 radical (unpaired) electrons. The van der Waals surface area contributed by atoms with Crippen molar-refractivity contribution in [2.24, 2.45) is 5.16 Å². The lowest BCUT2D eigenvalue weighted by atomic mass is 10.7. The van der Waals surface area contributed by atoms with Gasteiger partial charge in [0.2, 0.25) is 0 Å². The van der Waals surface area contributed by atoms with E-state index in [4.69, 9.17) is 0 Å². The van der Waals surface area contributed by atoms with Crippen LogP contribution in [0.5, 0.6) is 0 Å². The van der Waals surface area contributed by atoms with E-state index in [2.05, 4.69) is 14.7 Å². The number of carbonyl (C=O) groups is 1. The summed E-state index contributed by atoms with van der Waals surface area (Å²) in [6.45, 7) is 4.32. The normalized spacial score (nSPS) is 9.80. The fourth-order valence-electron chi connectivity index (χ4n) is 0.334. The number of esters is 1. The highest BCUT2D eigenvalue weighted by Gasteiger charge is 1.92. The van der Waals surface area contributed by atoms with Gasteiger partial charge in [-0.3, -0.25) is 0 Å². The van der Waals surface area contributed by atoms with E-state index in [1.54, 1.807) is 13.8 Å². The van der Waals surface area contributed by atoms with Gasteiger partial charge in [0.1, 0.15) is 6.61 Å². The molecule has 0 aliphatic heterocycles. The molecule has 0 saturated heterocycles. The molecule has 0 rings (SSSR count). The zero-order valence-corrected chi connectivity index (χ0v) is 6.16. The second-order valence-corrected chi connectivity index (χ2v) is 1.40. The number of nitrogens with zero attached hydrogens (tertiary/aromatic N) is 1. The minimum absolute atomic E-state index is 0.358. The van der Waals surface area contributed by atoms with Crippen molar-refractivity contribution in [1.29, 1.82) is 0 Å². The van der Waals surface area contributed by atoms with Crippen LogP contribution in [0, 0.1) is 0 Å². The molecule has 4 nitrogen and oxygen atoms in total. The molecule has 0 heterocycles. The first-order valence-electron chi connectivity index (χ1n) is 3.13. The molecule has 58 valence electrons. The maximum Gasteiger partial charge on any atom is 0.352 e. The first kappa shape index (κ1) is 8.94.